The molecule has 1 fully saturated rings. The molecular weight excluding hydrogens is 496 g/mol. The van der Waals surface area contributed by atoms with Crippen molar-refractivity contribution in [2.75, 3.05) is 32.1 Å². The number of carbonyl (C=O) groups excluding carboxylic acids is 2. The zero-order chi connectivity index (χ0) is 28.2. The highest BCUT2D eigenvalue weighted by molar-refractivity contribution is 5.88. The molecule has 0 saturated heterocycles. The number of benzene rings is 3. The Morgan fingerprint density at radius 3 is 2.33 bits per heavy atom. The second-order valence-corrected chi connectivity index (χ2v) is 11.4. The first-order chi connectivity index (χ1) is 19.3. The lowest BCUT2D eigenvalue weighted by atomic mass is 10.1. The molecule has 2 unspecified atom stereocenters. The molecule has 2 amide bonds. The predicted octanol–water partition coefficient (Wildman–Crippen LogP) is 5.85. The van der Waals surface area contributed by atoms with E-state index in [9.17, 15) is 9.59 Å². The van der Waals surface area contributed by atoms with Crippen LogP contribution in [0.25, 0.3) is 10.9 Å². The minimum Gasteiger partial charge on any atom is -0.378 e. The van der Waals surface area contributed by atoms with E-state index in [1.54, 1.807) is 4.90 Å². The summed E-state index contributed by atoms with van der Waals surface area (Å²) in [7, 11) is 4.04. The number of aromatic nitrogens is 1. The van der Waals surface area contributed by atoms with Gasteiger partial charge >= 0.3 is 0 Å². The third-order valence-corrected chi connectivity index (χ3v) is 8.05. The van der Waals surface area contributed by atoms with E-state index >= 15 is 0 Å². The summed E-state index contributed by atoms with van der Waals surface area (Å²) in [6.45, 7) is 5.18. The van der Waals surface area contributed by atoms with E-state index in [0.717, 1.165) is 29.6 Å². The second-order valence-electron chi connectivity index (χ2n) is 11.4. The number of hydrogen-bond acceptors (Lipinski definition) is 3. The zero-order valence-electron chi connectivity index (χ0n) is 24.0. The third-order valence-electron chi connectivity index (χ3n) is 8.05. The SMILES string of the molecule is CC(C)N(CC(=O)N(CCc1c[nH]c2ccccc12)Cc1ccc(N(C)C)cc1)C(=O)C1CC1c1ccccc1. The van der Waals surface area contributed by atoms with Gasteiger partial charge in [0.25, 0.3) is 0 Å². The van der Waals surface area contributed by atoms with Crippen molar-refractivity contribution < 1.29 is 9.59 Å². The van der Waals surface area contributed by atoms with E-state index in [2.05, 4.69) is 58.4 Å². The highest BCUT2D eigenvalue weighted by Gasteiger charge is 2.46. The van der Waals surface area contributed by atoms with Crippen molar-refractivity contribution >= 4 is 28.4 Å². The number of nitrogens with one attached hydrogen (secondary N) is 1. The summed E-state index contributed by atoms with van der Waals surface area (Å²) in [4.78, 5) is 36.6. The standard InChI is InChI=1S/C34H40N4O2/c1-24(2)38(34(40)31-20-30(31)26-10-6-5-7-11-26)23-33(39)37(22-25-14-16-28(17-15-25)36(3)4)19-18-27-21-35-32-13-9-8-12-29(27)32/h5-17,21,24,30-31,35H,18-20,22-23H2,1-4H3. The Morgan fingerprint density at radius 2 is 1.62 bits per heavy atom. The molecule has 6 heteroatoms. The Balaban J connectivity index is 1.32. The molecule has 0 aliphatic heterocycles. The molecule has 2 atom stereocenters. The number of carbonyl (C=O) groups is 2. The number of hydrogen-bond donors (Lipinski definition) is 1. The smallest absolute Gasteiger partial charge is 0.242 e. The molecule has 6 nitrogen and oxygen atoms in total. The van der Waals surface area contributed by atoms with Crippen LogP contribution in [0.4, 0.5) is 5.69 Å². The summed E-state index contributed by atoms with van der Waals surface area (Å²) < 4.78 is 0. The summed E-state index contributed by atoms with van der Waals surface area (Å²) in [5, 5.41) is 1.19. The van der Waals surface area contributed by atoms with Crippen LogP contribution in [0.15, 0.2) is 85.1 Å². The van der Waals surface area contributed by atoms with Crippen molar-refractivity contribution in [3.63, 3.8) is 0 Å². The van der Waals surface area contributed by atoms with Crippen LogP contribution in [-0.4, -0.2) is 59.8 Å². The van der Waals surface area contributed by atoms with Crippen molar-refractivity contribution in [3.8, 4) is 0 Å². The Kier molecular flexibility index (Phi) is 8.24. The molecule has 4 aromatic rings. The van der Waals surface area contributed by atoms with Gasteiger partial charge in [-0.25, -0.2) is 0 Å². The van der Waals surface area contributed by atoms with Crippen LogP contribution in [0.1, 0.15) is 42.9 Å². The lowest BCUT2D eigenvalue weighted by molar-refractivity contribution is -0.143. The molecule has 0 spiro atoms. The van der Waals surface area contributed by atoms with Crippen molar-refractivity contribution in [1.82, 2.24) is 14.8 Å². The second kappa shape index (κ2) is 12.0. The number of fused-ring (bicyclic) bond motifs is 1. The molecule has 0 bridgehead atoms. The summed E-state index contributed by atoms with van der Waals surface area (Å²) >= 11 is 0. The van der Waals surface area contributed by atoms with Crippen molar-refractivity contribution in [2.24, 2.45) is 5.92 Å². The Morgan fingerprint density at radius 1 is 0.925 bits per heavy atom. The molecule has 1 aliphatic rings. The monoisotopic (exact) mass is 536 g/mol. The quantitative estimate of drug-likeness (QED) is 0.262. The van der Waals surface area contributed by atoms with Gasteiger partial charge in [0.1, 0.15) is 0 Å². The Labute approximate surface area is 237 Å². The highest BCUT2D eigenvalue weighted by atomic mass is 16.2. The normalized spacial score (nSPS) is 16.2. The molecule has 1 aliphatic carbocycles. The molecule has 5 rings (SSSR count). The summed E-state index contributed by atoms with van der Waals surface area (Å²) in [6, 6.07) is 26.8. The molecule has 0 radical (unpaired) electrons. The largest absolute Gasteiger partial charge is 0.378 e. The average molecular weight is 537 g/mol. The van der Waals surface area contributed by atoms with Gasteiger partial charge in [0.15, 0.2) is 0 Å². The molecule has 1 heterocycles. The van der Waals surface area contributed by atoms with Gasteiger partial charge in [-0.3, -0.25) is 9.59 Å². The van der Waals surface area contributed by atoms with Crippen molar-refractivity contribution in [3.05, 3.63) is 102 Å². The summed E-state index contributed by atoms with van der Waals surface area (Å²) in [6.07, 6.45) is 3.63. The van der Waals surface area contributed by atoms with Gasteiger partial charge in [0.05, 0.1) is 6.54 Å². The lowest BCUT2D eigenvalue weighted by Crippen LogP contribution is -2.46. The predicted molar refractivity (Wildman–Crippen MR) is 162 cm³/mol. The van der Waals surface area contributed by atoms with Crippen LogP contribution < -0.4 is 4.90 Å². The van der Waals surface area contributed by atoms with Crippen LogP contribution >= 0.6 is 0 Å². The molecule has 208 valence electrons. The first kappa shape index (κ1) is 27.5. The van der Waals surface area contributed by atoms with Crippen molar-refractivity contribution in [2.45, 2.75) is 45.2 Å². The van der Waals surface area contributed by atoms with Crippen LogP contribution in [0.3, 0.4) is 0 Å². The van der Waals surface area contributed by atoms with E-state index < -0.39 is 0 Å². The van der Waals surface area contributed by atoms with Gasteiger partial charge in [0.2, 0.25) is 11.8 Å². The fourth-order valence-electron chi connectivity index (χ4n) is 5.52. The number of para-hydroxylation sites is 1. The molecule has 1 N–H and O–H groups in total. The van der Waals surface area contributed by atoms with Gasteiger partial charge < -0.3 is 19.7 Å². The van der Waals surface area contributed by atoms with Crippen LogP contribution in [-0.2, 0) is 22.6 Å². The minimum atomic E-state index is -0.0525. The third kappa shape index (κ3) is 6.22. The maximum atomic E-state index is 13.9. The van der Waals surface area contributed by atoms with E-state index in [1.165, 1.54) is 16.5 Å². The topological polar surface area (TPSA) is 59.7 Å². The maximum absolute atomic E-state index is 13.9. The molecule has 1 aromatic heterocycles. The van der Waals surface area contributed by atoms with Gasteiger partial charge in [-0.2, -0.15) is 0 Å². The lowest BCUT2D eigenvalue weighted by Gasteiger charge is -2.30. The average Bonchev–Trinajstić information content (AvgIpc) is 3.67. The van der Waals surface area contributed by atoms with Gasteiger partial charge in [0, 0.05) is 61.9 Å². The first-order valence-corrected chi connectivity index (χ1v) is 14.3. The highest BCUT2D eigenvalue weighted by Crippen LogP contribution is 2.48. The first-order valence-electron chi connectivity index (χ1n) is 14.3. The van der Waals surface area contributed by atoms with Gasteiger partial charge in [-0.05, 0) is 67.5 Å². The number of anilines is 1. The number of aromatic amines is 1. The summed E-state index contributed by atoms with van der Waals surface area (Å²) in [5.74, 6) is 0.272. The van der Waals surface area contributed by atoms with Gasteiger partial charge in [-0.1, -0.05) is 60.7 Å². The minimum absolute atomic E-state index is 0.0181. The fourth-order valence-corrected chi connectivity index (χ4v) is 5.52. The number of amides is 2. The van der Waals surface area contributed by atoms with Crippen LogP contribution in [0.5, 0.6) is 0 Å². The van der Waals surface area contributed by atoms with E-state index in [1.807, 2.05) is 69.4 Å². The van der Waals surface area contributed by atoms with Crippen LogP contribution in [0.2, 0.25) is 0 Å². The van der Waals surface area contributed by atoms with E-state index in [0.29, 0.717) is 13.1 Å². The van der Waals surface area contributed by atoms with Crippen LogP contribution in [0, 0.1) is 5.92 Å². The molecular formula is C34H40N4O2. The number of H-pyrrole nitrogens is 1. The zero-order valence-corrected chi connectivity index (χ0v) is 24.0. The number of nitrogens with zero attached hydrogens (tertiary/aromatic N) is 3. The fraction of sp³-hybridized carbons (Fsp3) is 0.353. The maximum Gasteiger partial charge on any atom is 0.242 e. The Bertz CT molecular complexity index is 1440. The Hall–Kier alpha value is -4.06. The molecule has 40 heavy (non-hydrogen) atoms. The van der Waals surface area contributed by atoms with E-state index in [4.69, 9.17) is 0 Å². The summed E-state index contributed by atoms with van der Waals surface area (Å²) in [5.41, 5.74) is 5.69. The number of rotatable bonds is 11. The van der Waals surface area contributed by atoms with Crippen molar-refractivity contribution in [1.29, 1.82) is 0 Å². The van der Waals surface area contributed by atoms with E-state index in [-0.39, 0.29) is 36.2 Å². The van der Waals surface area contributed by atoms with Gasteiger partial charge in [-0.15, -0.1) is 0 Å². The molecule has 1 saturated carbocycles. The molecule has 3 aromatic carbocycles.